The normalized spacial score (nSPS) is 11.0. The second kappa shape index (κ2) is 9.47. The molecule has 4 rings (SSSR count). The molecular weight excluding hydrogens is 433 g/mol. The third-order valence-electron chi connectivity index (χ3n) is 5.83. The third-order valence-corrected chi connectivity index (χ3v) is 5.83. The van der Waals surface area contributed by atoms with Crippen LogP contribution in [0.25, 0.3) is 11.4 Å². The number of ketones is 1. The van der Waals surface area contributed by atoms with Crippen molar-refractivity contribution in [2.45, 2.75) is 34.2 Å². The van der Waals surface area contributed by atoms with Crippen LogP contribution in [0.4, 0.5) is 4.39 Å². The molecule has 0 aliphatic rings. The summed E-state index contributed by atoms with van der Waals surface area (Å²) in [6.07, 6.45) is 0. The van der Waals surface area contributed by atoms with Crippen molar-refractivity contribution in [3.8, 4) is 11.4 Å². The van der Waals surface area contributed by atoms with Gasteiger partial charge in [0.05, 0.1) is 0 Å². The summed E-state index contributed by atoms with van der Waals surface area (Å²) in [5.41, 5.74) is 5.75. The van der Waals surface area contributed by atoms with Gasteiger partial charge in [0, 0.05) is 34.8 Å². The summed E-state index contributed by atoms with van der Waals surface area (Å²) in [5.74, 6) is -0.663. The number of rotatable bonds is 7. The maximum absolute atomic E-state index is 13.2. The maximum atomic E-state index is 13.2. The van der Waals surface area contributed by atoms with Gasteiger partial charge in [0.15, 0.2) is 12.3 Å². The average molecular weight is 460 g/mol. The van der Waals surface area contributed by atoms with Crippen LogP contribution >= 0.6 is 0 Å². The number of carbonyl (C=O) groups excluding carboxylic acids is 2. The van der Waals surface area contributed by atoms with Gasteiger partial charge < -0.3 is 14.3 Å². The first kappa shape index (κ1) is 23.2. The smallest absolute Gasteiger partial charge is 0.359 e. The SMILES string of the molecule is Cc1cccc(-c2nc(C(=O)OCC(=O)c3cc(C)n(Cc4ccc(F)cc4)c3C)c(C)[nH]2)c1. The summed E-state index contributed by atoms with van der Waals surface area (Å²) in [4.78, 5) is 33.0. The van der Waals surface area contributed by atoms with Crippen LogP contribution in [0.5, 0.6) is 0 Å². The van der Waals surface area contributed by atoms with Crippen molar-refractivity contribution in [2.75, 3.05) is 6.61 Å². The Hall–Kier alpha value is -4.00. The zero-order valence-corrected chi connectivity index (χ0v) is 19.6. The monoisotopic (exact) mass is 459 g/mol. The summed E-state index contributed by atoms with van der Waals surface area (Å²) in [6, 6.07) is 15.8. The number of hydrogen-bond acceptors (Lipinski definition) is 4. The zero-order chi connectivity index (χ0) is 24.4. The van der Waals surface area contributed by atoms with E-state index in [4.69, 9.17) is 4.74 Å². The van der Waals surface area contributed by atoms with Crippen molar-refractivity contribution in [1.29, 1.82) is 0 Å². The van der Waals surface area contributed by atoms with Gasteiger partial charge in [0.2, 0.25) is 5.78 Å². The number of esters is 1. The van der Waals surface area contributed by atoms with Crippen LogP contribution in [-0.4, -0.2) is 32.9 Å². The van der Waals surface area contributed by atoms with Gasteiger partial charge in [0.1, 0.15) is 11.6 Å². The molecule has 0 radical (unpaired) electrons. The Kier molecular flexibility index (Phi) is 6.45. The predicted octanol–water partition coefficient (Wildman–Crippen LogP) is 5.34. The van der Waals surface area contributed by atoms with Gasteiger partial charge in [-0.05, 0) is 57.5 Å². The Labute approximate surface area is 197 Å². The molecule has 0 saturated heterocycles. The molecule has 7 heteroatoms. The molecule has 0 saturated carbocycles. The lowest BCUT2D eigenvalue weighted by Crippen LogP contribution is -2.16. The lowest BCUT2D eigenvalue weighted by atomic mass is 10.1. The van der Waals surface area contributed by atoms with Crippen LogP contribution in [0.15, 0.2) is 54.6 Å². The van der Waals surface area contributed by atoms with Crippen molar-refractivity contribution in [1.82, 2.24) is 14.5 Å². The number of aromatic amines is 1. The topological polar surface area (TPSA) is 77.0 Å². The molecule has 4 aromatic rings. The summed E-state index contributed by atoms with van der Waals surface area (Å²) in [5, 5.41) is 0. The van der Waals surface area contributed by atoms with E-state index in [1.54, 1.807) is 25.1 Å². The Balaban J connectivity index is 1.45. The summed E-state index contributed by atoms with van der Waals surface area (Å²) < 4.78 is 20.5. The lowest BCUT2D eigenvalue weighted by molar-refractivity contribution is 0.0468. The number of aromatic nitrogens is 3. The molecule has 0 spiro atoms. The molecule has 174 valence electrons. The number of benzene rings is 2. The fraction of sp³-hybridized carbons (Fsp3) is 0.222. The average Bonchev–Trinajstić information content (AvgIpc) is 3.33. The Morgan fingerprint density at radius 2 is 1.76 bits per heavy atom. The number of nitrogens with one attached hydrogen (secondary N) is 1. The molecule has 0 amide bonds. The second-order valence-corrected chi connectivity index (χ2v) is 8.43. The van der Waals surface area contributed by atoms with E-state index in [1.165, 1.54) is 12.1 Å². The molecular formula is C27H26FN3O3. The molecule has 1 N–H and O–H groups in total. The quantitative estimate of drug-likeness (QED) is 0.299. The van der Waals surface area contributed by atoms with Crippen LogP contribution < -0.4 is 0 Å². The van der Waals surface area contributed by atoms with Crippen molar-refractivity contribution in [3.63, 3.8) is 0 Å². The number of ether oxygens (including phenoxy) is 1. The highest BCUT2D eigenvalue weighted by Crippen LogP contribution is 2.21. The molecule has 2 heterocycles. The highest BCUT2D eigenvalue weighted by molar-refractivity contribution is 6.00. The summed E-state index contributed by atoms with van der Waals surface area (Å²) >= 11 is 0. The van der Waals surface area contributed by atoms with Crippen LogP contribution in [0, 0.1) is 33.5 Å². The number of imidazole rings is 1. The minimum atomic E-state index is -0.652. The van der Waals surface area contributed by atoms with Gasteiger partial charge in [-0.3, -0.25) is 4.79 Å². The van der Waals surface area contributed by atoms with Crippen molar-refractivity contribution in [3.05, 3.63) is 99.9 Å². The summed E-state index contributed by atoms with van der Waals surface area (Å²) in [6.45, 7) is 7.60. The fourth-order valence-corrected chi connectivity index (χ4v) is 3.96. The minimum Gasteiger partial charge on any atom is -0.453 e. The molecule has 2 aromatic carbocycles. The largest absolute Gasteiger partial charge is 0.453 e. The molecule has 34 heavy (non-hydrogen) atoms. The third kappa shape index (κ3) is 4.83. The predicted molar refractivity (Wildman–Crippen MR) is 128 cm³/mol. The van der Waals surface area contributed by atoms with Crippen molar-refractivity contribution < 1.29 is 18.7 Å². The van der Waals surface area contributed by atoms with Crippen LogP contribution in [0.2, 0.25) is 0 Å². The Morgan fingerprint density at radius 1 is 1.03 bits per heavy atom. The second-order valence-electron chi connectivity index (χ2n) is 8.43. The van der Waals surface area contributed by atoms with Crippen molar-refractivity contribution >= 4 is 11.8 Å². The number of aryl methyl sites for hydroxylation is 3. The number of H-pyrrole nitrogens is 1. The Bertz CT molecular complexity index is 1370. The highest BCUT2D eigenvalue weighted by Gasteiger charge is 2.21. The lowest BCUT2D eigenvalue weighted by Gasteiger charge is -2.10. The number of nitrogens with zero attached hydrogens (tertiary/aromatic N) is 2. The van der Waals surface area contributed by atoms with Crippen LogP contribution in [0.3, 0.4) is 0 Å². The first-order chi connectivity index (χ1) is 16.2. The molecule has 6 nitrogen and oxygen atoms in total. The van der Waals surface area contributed by atoms with E-state index in [-0.39, 0.29) is 23.9 Å². The number of hydrogen-bond donors (Lipinski definition) is 1. The molecule has 0 aliphatic carbocycles. The van der Waals surface area contributed by atoms with E-state index < -0.39 is 5.97 Å². The standard InChI is InChI=1S/C27H26FN3O3/c1-16-6-5-7-21(12-16)26-29-18(3)25(30-26)27(33)34-15-24(32)23-13-17(2)31(19(23)4)14-20-8-10-22(28)11-9-20/h5-13H,14-15H2,1-4H3,(H,29,30). The minimum absolute atomic E-state index is 0.158. The summed E-state index contributed by atoms with van der Waals surface area (Å²) in [7, 11) is 0. The molecule has 2 aromatic heterocycles. The first-order valence-corrected chi connectivity index (χ1v) is 11.0. The molecule has 0 aliphatic heterocycles. The Morgan fingerprint density at radius 3 is 2.47 bits per heavy atom. The maximum Gasteiger partial charge on any atom is 0.359 e. The first-order valence-electron chi connectivity index (χ1n) is 11.0. The number of halogens is 1. The van der Waals surface area contributed by atoms with E-state index >= 15 is 0 Å². The van der Waals surface area contributed by atoms with Gasteiger partial charge in [-0.2, -0.15) is 0 Å². The number of Topliss-reactive ketones (excluding diaryl/α,β-unsaturated/α-hetero) is 1. The molecule has 0 bridgehead atoms. The van der Waals surface area contributed by atoms with Gasteiger partial charge in [-0.1, -0.05) is 35.9 Å². The molecule has 0 fully saturated rings. The molecule has 0 unspecified atom stereocenters. The fourth-order valence-electron chi connectivity index (χ4n) is 3.96. The van der Waals surface area contributed by atoms with Crippen LogP contribution in [-0.2, 0) is 11.3 Å². The van der Waals surface area contributed by atoms with E-state index in [9.17, 15) is 14.0 Å². The van der Waals surface area contributed by atoms with Gasteiger partial charge in [0.25, 0.3) is 0 Å². The highest BCUT2D eigenvalue weighted by atomic mass is 19.1. The van der Waals surface area contributed by atoms with Crippen LogP contribution in [0.1, 0.15) is 49.1 Å². The molecule has 0 atom stereocenters. The van der Waals surface area contributed by atoms with E-state index in [0.29, 0.717) is 23.6 Å². The van der Waals surface area contributed by atoms with Gasteiger partial charge in [-0.25, -0.2) is 14.2 Å². The van der Waals surface area contributed by atoms with Gasteiger partial charge in [-0.15, -0.1) is 0 Å². The van der Waals surface area contributed by atoms with E-state index in [0.717, 1.165) is 28.1 Å². The van der Waals surface area contributed by atoms with E-state index in [2.05, 4.69) is 9.97 Å². The number of carbonyl (C=O) groups is 2. The van der Waals surface area contributed by atoms with Gasteiger partial charge >= 0.3 is 5.97 Å². The zero-order valence-electron chi connectivity index (χ0n) is 19.6. The van der Waals surface area contributed by atoms with Crippen molar-refractivity contribution in [2.24, 2.45) is 0 Å². The van der Waals surface area contributed by atoms with E-state index in [1.807, 2.05) is 49.6 Å².